The van der Waals surface area contributed by atoms with E-state index in [-0.39, 0.29) is 0 Å². The molecule has 0 radical (unpaired) electrons. The maximum absolute atomic E-state index is 2.35. The summed E-state index contributed by atoms with van der Waals surface area (Å²) in [5.41, 5.74) is 0. The van der Waals surface area contributed by atoms with E-state index in [2.05, 4.69) is 56.2 Å². The second kappa shape index (κ2) is 7.92. The van der Waals surface area contributed by atoms with Crippen LogP contribution in [-0.4, -0.2) is 10.5 Å². The van der Waals surface area contributed by atoms with E-state index in [1.54, 1.807) is 0 Å². The molecule has 0 saturated heterocycles. The molecule has 0 heterocycles. The van der Waals surface area contributed by atoms with E-state index < -0.39 is 0 Å². The zero-order chi connectivity index (χ0) is 11.0. The SMILES string of the molecule is CCC(C)CCCSSC(C)(C)CC. The average Bonchev–Trinajstić information content (AvgIpc) is 2.17. The smallest absolute Gasteiger partial charge is 0.0204 e. The minimum Gasteiger partial charge on any atom is -0.0936 e. The molecule has 0 aromatic rings. The lowest BCUT2D eigenvalue weighted by molar-refractivity contribution is 0.511. The van der Waals surface area contributed by atoms with Crippen molar-refractivity contribution < 1.29 is 0 Å². The Morgan fingerprint density at radius 1 is 1.21 bits per heavy atom. The summed E-state index contributed by atoms with van der Waals surface area (Å²) in [4.78, 5) is 0. The maximum atomic E-state index is 2.35. The molecule has 0 aromatic carbocycles. The predicted molar refractivity (Wildman–Crippen MR) is 73.1 cm³/mol. The van der Waals surface area contributed by atoms with Gasteiger partial charge in [0.05, 0.1) is 0 Å². The first-order chi connectivity index (χ1) is 6.52. The molecule has 0 N–H and O–H groups in total. The minimum absolute atomic E-state index is 0.459. The first kappa shape index (κ1) is 14.7. The van der Waals surface area contributed by atoms with Crippen LogP contribution in [0.3, 0.4) is 0 Å². The Morgan fingerprint density at radius 3 is 2.36 bits per heavy atom. The lowest BCUT2D eigenvalue weighted by atomic mass is 10.0. The van der Waals surface area contributed by atoms with Crippen LogP contribution in [0.2, 0.25) is 0 Å². The largest absolute Gasteiger partial charge is 0.0936 e. The Balaban J connectivity index is 3.30. The fourth-order valence-corrected chi connectivity index (χ4v) is 3.67. The van der Waals surface area contributed by atoms with E-state index in [1.807, 2.05) is 0 Å². The molecule has 0 amide bonds. The fourth-order valence-electron chi connectivity index (χ4n) is 0.955. The third-order valence-corrected chi connectivity index (χ3v) is 6.28. The average molecular weight is 234 g/mol. The van der Waals surface area contributed by atoms with E-state index in [0.29, 0.717) is 4.75 Å². The Hall–Kier alpha value is 0.700. The quantitative estimate of drug-likeness (QED) is 0.408. The van der Waals surface area contributed by atoms with Crippen LogP contribution in [-0.2, 0) is 0 Å². The maximum Gasteiger partial charge on any atom is 0.0204 e. The van der Waals surface area contributed by atoms with Crippen molar-refractivity contribution >= 4 is 21.6 Å². The summed E-state index contributed by atoms with van der Waals surface area (Å²) in [6.45, 7) is 11.6. The third-order valence-electron chi connectivity index (χ3n) is 2.76. The van der Waals surface area contributed by atoms with Crippen LogP contribution < -0.4 is 0 Å². The Labute approximate surface area is 98.4 Å². The van der Waals surface area contributed by atoms with Gasteiger partial charge in [0.15, 0.2) is 0 Å². The van der Waals surface area contributed by atoms with Crippen molar-refractivity contribution in [1.29, 1.82) is 0 Å². The molecule has 2 heteroatoms. The van der Waals surface area contributed by atoms with Crippen molar-refractivity contribution in [3.05, 3.63) is 0 Å². The van der Waals surface area contributed by atoms with Gasteiger partial charge in [0, 0.05) is 10.5 Å². The van der Waals surface area contributed by atoms with Gasteiger partial charge in [0.2, 0.25) is 0 Å². The fraction of sp³-hybridized carbons (Fsp3) is 1.00. The monoisotopic (exact) mass is 234 g/mol. The Morgan fingerprint density at radius 2 is 1.86 bits per heavy atom. The molecule has 0 rings (SSSR count). The van der Waals surface area contributed by atoms with Crippen molar-refractivity contribution in [3.63, 3.8) is 0 Å². The Bertz CT molecular complexity index is 132. The summed E-state index contributed by atoms with van der Waals surface area (Å²) in [6, 6.07) is 0. The highest BCUT2D eigenvalue weighted by atomic mass is 33.1. The van der Waals surface area contributed by atoms with Crippen LogP contribution in [0.1, 0.15) is 60.3 Å². The van der Waals surface area contributed by atoms with Crippen LogP contribution in [0, 0.1) is 5.92 Å². The molecular formula is C12H26S2. The molecule has 1 unspecified atom stereocenters. The number of hydrogen-bond acceptors (Lipinski definition) is 2. The van der Waals surface area contributed by atoms with Crippen molar-refractivity contribution in [3.8, 4) is 0 Å². The van der Waals surface area contributed by atoms with Crippen LogP contribution in [0.15, 0.2) is 0 Å². The molecule has 0 bridgehead atoms. The zero-order valence-corrected chi connectivity index (χ0v) is 12.1. The number of rotatable bonds is 8. The van der Waals surface area contributed by atoms with Crippen LogP contribution in [0.5, 0.6) is 0 Å². The van der Waals surface area contributed by atoms with Gasteiger partial charge in [-0.05, 0) is 39.0 Å². The second-order valence-electron chi connectivity index (χ2n) is 4.67. The highest BCUT2D eigenvalue weighted by Gasteiger charge is 2.15. The summed E-state index contributed by atoms with van der Waals surface area (Å²) >= 11 is 0. The summed E-state index contributed by atoms with van der Waals surface area (Å²) in [5, 5.41) is 0. The molecule has 1 atom stereocenters. The third kappa shape index (κ3) is 8.05. The normalized spacial score (nSPS) is 14.4. The van der Waals surface area contributed by atoms with Gasteiger partial charge in [-0.2, -0.15) is 0 Å². The van der Waals surface area contributed by atoms with Crippen molar-refractivity contribution in [2.75, 3.05) is 5.75 Å². The summed E-state index contributed by atoms with van der Waals surface area (Å²) in [5.74, 6) is 2.23. The molecule has 0 aliphatic carbocycles. The molecule has 0 spiro atoms. The van der Waals surface area contributed by atoms with Gasteiger partial charge in [-0.25, -0.2) is 0 Å². The lowest BCUT2D eigenvalue weighted by Gasteiger charge is -2.20. The van der Waals surface area contributed by atoms with Gasteiger partial charge in [-0.1, -0.05) is 48.8 Å². The molecule has 0 fully saturated rings. The van der Waals surface area contributed by atoms with Gasteiger partial charge < -0.3 is 0 Å². The van der Waals surface area contributed by atoms with E-state index >= 15 is 0 Å². The zero-order valence-electron chi connectivity index (χ0n) is 10.4. The van der Waals surface area contributed by atoms with E-state index in [0.717, 1.165) is 5.92 Å². The van der Waals surface area contributed by atoms with Crippen molar-refractivity contribution in [2.24, 2.45) is 5.92 Å². The molecule has 0 aliphatic rings. The summed E-state index contributed by atoms with van der Waals surface area (Å²) in [7, 11) is 4.11. The van der Waals surface area contributed by atoms with Crippen LogP contribution >= 0.6 is 21.6 Å². The van der Waals surface area contributed by atoms with Gasteiger partial charge in [0.1, 0.15) is 0 Å². The molecule has 0 aliphatic heterocycles. The first-order valence-electron chi connectivity index (χ1n) is 5.82. The van der Waals surface area contributed by atoms with Gasteiger partial charge in [-0.15, -0.1) is 0 Å². The van der Waals surface area contributed by atoms with Crippen LogP contribution in [0.25, 0.3) is 0 Å². The molecule has 0 saturated carbocycles. The predicted octanol–water partition coefficient (Wildman–Crippen LogP) is 5.38. The van der Waals surface area contributed by atoms with E-state index in [1.165, 1.54) is 31.4 Å². The second-order valence-corrected chi connectivity index (χ2v) is 7.80. The first-order valence-corrected chi connectivity index (χ1v) is 8.14. The standard InChI is InChI=1S/C12H26S2/c1-6-11(3)9-8-10-13-14-12(4,5)7-2/h11H,6-10H2,1-5H3. The van der Waals surface area contributed by atoms with Gasteiger partial charge in [-0.3, -0.25) is 0 Å². The molecule has 86 valence electrons. The van der Waals surface area contributed by atoms with Crippen molar-refractivity contribution in [2.45, 2.75) is 65.0 Å². The van der Waals surface area contributed by atoms with Crippen LogP contribution in [0.4, 0.5) is 0 Å². The number of hydrogen-bond donors (Lipinski definition) is 0. The lowest BCUT2D eigenvalue weighted by Crippen LogP contribution is -2.10. The van der Waals surface area contributed by atoms with Gasteiger partial charge >= 0.3 is 0 Å². The van der Waals surface area contributed by atoms with Crippen molar-refractivity contribution in [1.82, 2.24) is 0 Å². The topological polar surface area (TPSA) is 0 Å². The highest BCUT2D eigenvalue weighted by Crippen LogP contribution is 2.38. The minimum atomic E-state index is 0.459. The Kier molecular flexibility index (Phi) is 8.32. The summed E-state index contributed by atoms with van der Waals surface area (Å²) < 4.78 is 0.459. The van der Waals surface area contributed by atoms with E-state index in [4.69, 9.17) is 0 Å². The molecule has 14 heavy (non-hydrogen) atoms. The molecular weight excluding hydrogens is 208 g/mol. The summed E-state index contributed by atoms with van der Waals surface area (Å²) in [6.07, 6.45) is 5.37. The highest BCUT2D eigenvalue weighted by molar-refractivity contribution is 8.77. The molecule has 0 aromatic heterocycles. The van der Waals surface area contributed by atoms with Gasteiger partial charge in [0.25, 0.3) is 0 Å². The molecule has 0 nitrogen and oxygen atoms in total. The van der Waals surface area contributed by atoms with E-state index in [9.17, 15) is 0 Å².